The molecule has 1 aromatic carbocycles. The largest absolute Gasteiger partial charge is 0.340 e. The Hall–Kier alpha value is -1.72. The number of thiophene rings is 1. The number of rotatable bonds is 4. The second-order valence-corrected chi connectivity index (χ2v) is 6.37. The minimum atomic E-state index is -0.266. The molecule has 3 rings (SSSR count). The molecule has 0 aliphatic carbocycles. The van der Waals surface area contributed by atoms with Crippen LogP contribution in [0.2, 0.25) is 0 Å². The molecule has 0 atom stereocenters. The summed E-state index contributed by atoms with van der Waals surface area (Å²) in [5.41, 5.74) is 2.21. The van der Waals surface area contributed by atoms with E-state index in [-0.39, 0.29) is 11.7 Å². The van der Waals surface area contributed by atoms with E-state index < -0.39 is 0 Å². The summed E-state index contributed by atoms with van der Waals surface area (Å²) >= 11 is 1.72. The van der Waals surface area contributed by atoms with Crippen molar-refractivity contribution < 1.29 is 9.18 Å². The fraction of sp³-hybridized carbons (Fsp3) is 0.353. The maximum Gasteiger partial charge on any atom is 0.227 e. The topological polar surface area (TPSA) is 23.6 Å². The van der Waals surface area contributed by atoms with Crippen molar-refractivity contribution in [3.05, 3.63) is 58.0 Å². The third-order valence-corrected chi connectivity index (χ3v) is 4.71. The van der Waals surface area contributed by atoms with Gasteiger partial charge >= 0.3 is 0 Å². The Bertz CT molecular complexity index is 604. The molecule has 2 heterocycles. The maximum absolute atomic E-state index is 12.9. The van der Waals surface area contributed by atoms with E-state index in [2.05, 4.69) is 21.7 Å². The van der Waals surface area contributed by atoms with E-state index in [9.17, 15) is 9.18 Å². The van der Waals surface area contributed by atoms with Gasteiger partial charge in [0.1, 0.15) is 5.82 Å². The molecule has 1 aliphatic heterocycles. The number of halogens is 1. The highest BCUT2D eigenvalue weighted by atomic mass is 32.1. The fourth-order valence-electron chi connectivity index (χ4n) is 2.68. The Labute approximate surface area is 134 Å². The second kappa shape index (κ2) is 7.03. The second-order valence-electron chi connectivity index (χ2n) is 5.59. The zero-order chi connectivity index (χ0) is 15.4. The molecular weight excluding hydrogens is 299 g/mol. The highest BCUT2D eigenvalue weighted by molar-refractivity contribution is 7.07. The fourth-order valence-corrected chi connectivity index (χ4v) is 3.34. The van der Waals surface area contributed by atoms with E-state index in [0.717, 1.165) is 38.3 Å². The van der Waals surface area contributed by atoms with Crippen molar-refractivity contribution in [2.45, 2.75) is 13.0 Å². The normalized spacial score (nSPS) is 16.0. The molecule has 1 aromatic heterocycles. The van der Waals surface area contributed by atoms with Crippen LogP contribution in [0.5, 0.6) is 0 Å². The number of hydrogen-bond acceptors (Lipinski definition) is 3. The molecule has 116 valence electrons. The molecule has 1 amide bonds. The number of carbonyl (C=O) groups is 1. The van der Waals surface area contributed by atoms with Crippen LogP contribution in [0.3, 0.4) is 0 Å². The van der Waals surface area contributed by atoms with Gasteiger partial charge in [-0.3, -0.25) is 9.69 Å². The molecule has 0 bridgehead atoms. The number of carbonyl (C=O) groups excluding carboxylic acids is 1. The van der Waals surface area contributed by atoms with Gasteiger partial charge in [0.05, 0.1) is 6.42 Å². The third kappa shape index (κ3) is 3.93. The number of nitrogens with zero attached hydrogens (tertiary/aromatic N) is 2. The molecule has 3 nitrogen and oxygen atoms in total. The van der Waals surface area contributed by atoms with Crippen LogP contribution in [0.1, 0.15) is 11.1 Å². The zero-order valence-electron chi connectivity index (χ0n) is 12.4. The van der Waals surface area contributed by atoms with Gasteiger partial charge in [0, 0.05) is 32.7 Å². The molecule has 0 saturated carbocycles. The van der Waals surface area contributed by atoms with Gasteiger partial charge in [-0.05, 0) is 40.1 Å². The van der Waals surface area contributed by atoms with Gasteiger partial charge in [0.2, 0.25) is 5.91 Å². The molecule has 2 aromatic rings. The molecular formula is C17H19FN2OS. The first kappa shape index (κ1) is 15.2. The Morgan fingerprint density at radius 3 is 2.41 bits per heavy atom. The molecule has 5 heteroatoms. The first-order valence-electron chi connectivity index (χ1n) is 7.46. The van der Waals surface area contributed by atoms with Crippen molar-refractivity contribution in [2.75, 3.05) is 26.2 Å². The Kier molecular flexibility index (Phi) is 4.85. The summed E-state index contributed by atoms with van der Waals surface area (Å²) in [6.07, 6.45) is 0.352. The highest BCUT2D eigenvalue weighted by Crippen LogP contribution is 2.13. The summed E-state index contributed by atoms with van der Waals surface area (Å²) in [6, 6.07) is 8.32. The lowest BCUT2D eigenvalue weighted by Crippen LogP contribution is -2.48. The number of hydrogen-bond donors (Lipinski definition) is 0. The smallest absolute Gasteiger partial charge is 0.227 e. The molecule has 0 N–H and O–H groups in total. The van der Waals surface area contributed by atoms with Crippen LogP contribution in [-0.2, 0) is 17.8 Å². The number of benzene rings is 1. The van der Waals surface area contributed by atoms with Gasteiger partial charge in [0.25, 0.3) is 0 Å². The Balaban J connectivity index is 1.48. The molecule has 0 unspecified atom stereocenters. The Morgan fingerprint density at radius 1 is 1.05 bits per heavy atom. The monoisotopic (exact) mass is 318 g/mol. The van der Waals surface area contributed by atoms with Crippen LogP contribution in [0.4, 0.5) is 4.39 Å². The van der Waals surface area contributed by atoms with Crippen LogP contribution in [0, 0.1) is 5.82 Å². The lowest BCUT2D eigenvalue weighted by atomic mass is 10.1. The van der Waals surface area contributed by atoms with Gasteiger partial charge in [-0.1, -0.05) is 12.1 Å². The molecule has 1 aliphatic rings. The van der Waals surface area contributed by atoms with Crippen molar-refractivity contribution in [1.82, 2.24) is 9.80 Å². The lowest BCUT2D eigenvalue weighted by Gasteiger charge is -2.34. The highest BCUT2D eigenvalue weighted by Gasteiger charge is 2.21. The van der Waals surface area contributed by atoms with Gasteiger partial charge in [-0.25, -0.2) is 4.39 Å². The van der Waals surface area contributed by atoms with E-state index in [1.54, 1.807) is 23.5 Å². The average Bonchev–Trinajstić information content (AvgIpc) is 3.03. The van der Waals surface area contributed by atoms with Crippen molar-refractivity contribution in [3.63, 3.8) is 0 Å². The van der Waals surface area contributed by atoms with Crippen LogP contribution in [0.25, 0.3) is 0 Å². The minimum Gasteiger partial charge on any atom is -0.340 e. The maximum atomic E-state index is 12.9. The van der Waals surface area contributed by atoms with Crippen molar-refractivity contribution in [3.8, 4) is 0 Å². The molecule has 0 spiro atoms. The van der Waals surface area contributed by atoms with Gasteiger partial charge in [-0.15, -0.1) is 0 Å². The van der Waals surface area contributed by atoms with Crippen molar-refractivity contribution >= 4 is 17.2 Å². The van der Waals surface area contributed by atoms with E-state index >= 15 is 0 Å². The molecule has 0 radical (unpaired) electrons. The summed E-state index contributed by atoms with van der Waals surface area (Å²) in [5.74, 6) is -0.139. The summed E-state index contributed by atoms with van der Waals surface area (Å²) in [5, 5.41) is 4.27. The molecule has 22 heavy (non-hydrogen) atoms. The first-order chi connectivity index (χ1) is 10.7. The average molecular weight is 318 g/mol. The number of amides is 1. The van der Waals surface area contributed by atoms with Crippen molar-refractivity contribution in [1.29, 1.82) is 0 Å². The summed E-state index contributed by atoms with van der Waals surface area (Å²) in [7, 11) is 0. The van der Waals surface area contributed by atoms with E-state index in [1.165, 1.54) is 17.7 Å². The zero-order valence-corrected chi connectivity index (χ0v) is 13.2. The van der Waals surface area contributed by atoms with E-state index in [4.69, 9.17) is 0 Å². The van der Waals surface area contributed by atoms with Gasteiger partial charge in [0.15, 0.2) is 0 Å². The van der Waals surface area contributed by atoms with E-state index in [1.807, 2.05) is 4.90 Å². The quantitative estimate of drug-likeness (QED) is 0.865. The predicted octanol–water partition coefficient (Wildman–Crippen LogP) is 2.77. The molecule has 1 fully saturated rings. The first-order valence-corrected chi connectivity index (χ1v) is 8.40. The van der Waals surface area contributed by atoms with Crippen molar-refractivity contribution in [2.24, 2.45) is 0 Å². The predicted molar refractivity (Wildman–Crippen MR) is 86.3 cm³/mol. The third-order valence-electron chi connectivity index (χ3n) is 3.98. The van der Waals surface area contributed by atoms with Crippen LogP contribution in [-0.4, -0.2) is 41.9 Å². The summed E-state index contributed by atoms with van der Waals surface area (Å²) < 4.78 is 12.9. The van der Waals surface area contributed by atoms with Crippen LogP contribution in [0.15, 0.2) is 41.1 Å². The summed E-state index contributed by atoms with van der Waals surface area (Å²) in [6.45, 7) is 4.31. The van der Waals surface area contributed by atoms with Crippen LogP contribution >= 0.6 is 11.3 Å². The Morgan fingerprint density at radius 2 is 1.77 bits per heavy atom. The van der Waals surface area contributed by atoms with Gasteiger partial charge in [-0.2, -0.15) is 11.3 Å². The standard InChI is InChI=1S/C17H19FN2OS/c18-16-3-1-14(2-4-16)11-17(21)20-8-6-19(7-9-20)12-15-5-10-22-13-15/h1-5,10,13H,6-9,11-12H2. The lowest BCUT2D eigenvalue weighted by molar-refractivity contribution is -0.132. The van der Waals surface area contributed by atoms with E-state index in [0.29, 0.717) is 6.42 Å². The minimum absolute atomic E-state index is 0.127. The SMILES string of the molecule is O=C(Cc1ccc(F)cc1)N1CCN(Cc2ccsc2)CC1. The van der Waals surface area contributed by atoms with Gasteiger partial charge < -0.3 is 4.90 Å². The molecule has 1 saturated heterocycles. The number of piperazine rings is 1. The summed E-state index contributed by atoms with van der Waals surface area (Å²) in [4.78, 5) is 16.6. The van der Waals surface area contributed by atoms with Crippen LogP contribution < -0.4 is 0 Å².